The molecular weight excluding hydrogens is 457 g/mol. The van der Waals surface area contributed by atoms with Gasteiger partial charge in [0.15, 0.2) is 0 Å². The summed E-state index contributed by atoms with van der Waals surface area (Å²) in [6, 6.07) is 18.0. The van der Waals surface area contributed by atoms with E-state index in [-0.39, 0.29) is 31.4 Å². The number of nitrogens with zero attached hydrogens (tertiary/aromatic N) is 1. The third-order valence-electron chi connectivity index (χ3n) is 5.82. The van der Waals surface area contributed by atoms with Crippen LogP contribution in [0.1, 0.15) is 29.2 Å². The van der Waals surface area contributed by atoms with E-state index in [1.165, 1.54) is 6.07 Å². The Kier molecular flexibility index (Phi) is 7.48. The Hall–Kier alpha value is -3.38. The Labute approximate surface area is 203 Å². The molecule has 4 rings (SSSR count). The molecule has 0 unspecified atom stereocenters. The minimum Gasteiger partial charge on any atom is -0.466 e. The lowest BCUT2D eigenvalue weighted by Gasteiger charge is -2.30. The first-order valence-electron chi connectivity index (χ1n) is 11.2. The van der Waals surface area contributed by atoms with Crippen LogP contribution in [0.4, 0.5) is 9.18 Å². The van der Waals surface area contributed by atoms with Crippen LogP contribution in [0, 0.1) is 5.82 Å². The number of benzene rings is 3. The molecule has 0 fully saturated rings. The summed E-state index contributed by atoms with van der Waals surface area (Å²) in [7, 11) is 0. The van der Waals surface area contributed by atoms with Crippen molar-refractivity contribution in [3.8, 4) is 11.1 Å². The summed E-state index contributed by atoms with van der Waals surface area (Å²) in [6.07, 6.45) is 0.0344. The number of carbonyl (C=O) groups excluding carboxylic acids is 2. The van der Waals surface area contributed by atoms with Crippen LogP contribution in [0.5, 0.6) is 0 Å². The topological polar surface area (TPSA) is 55.8 Å². The molecule has 1 amide bonds. The van der Waals surface area contributed by atoms with E-state index in [1.807, 2.05) is 36.4 Å². The van der Waals surface area contributed by atoms with E-state index in [0.29, 0.717) is 35.7 Å². The zero-order valence-corrected chi connectivity index (χ0v) is 19.6. The fraction of sp³-hybridized carbons (Fsp3) is 0.259. The van der Waals surface area contributed by atoms with E-state index in [0.717, 1.165) is 22.3 Å². The highest BCUT2D eigenvalue weighted by Crippen LogP contribution is 2.34. The summed E-state index contributed by atoms with van der Waals surface area (Å²) in [5, 5.41) is 0.429. The van der Waals surface area contributed by atoms with Crippen molar-refractivity contribution in [1.82, 2.24) is 4.90 Å². The smallest absolute Gasteiger partial charge is 0.410 e. The van der Waals surface area contributed by atoms with Crippen molar-refractivity contribution >= 4 is 23.7 Å². The van der Waals surface area contributed by atoms with Gasteiger partial charge in [0, 0.05) is 18.1 Å². The van der Waals surface area contributed by atoms with Crippen LogP contribution in [0.3, 0.4) is 0 Å². The maximum atomic E-state index is 14.6. The van der Waals surface area contributed by atoms with Gasteiger partial charge in [-0.2, -0.15) is 0 Å². The van der Waals surface area contributed by atoms with Crippen molar-refractivity contribution in [2.45, 2.75) is 32.9 Å². The van der Waals surface area contributed by atoms with Gasteiger partial charge in [0.05, 0.1) is 13.0 Å². The zero-order chi connectivity index (χ0) is 24.1. The third kappa shape index (κ3) is 5.39. The van der Waals surface area contributed by atoms with Crippen molar-refractivity contribution in [2.75, 3.05) is 13.2 Å². The van der Waals surface area contributed by atoms with E-state index in [2.05, 4.69) is 0 Å². The van der Waals surface area contributed by atoms with E-state index in [4.69, 9.17) is 21.1 Å². The number of esters is 1. The number of fused-ring (bicyclic) bond motifs is 1. The SMILES string of the molecule is CCOC(=O)Cc1ccc(-c2ccc(F)c3c2CN(C(=O)OCc2ccccc2)CC3)cc1Cl. The Morgan fingerprint density at radius 2 is 1.82 bits per heavy atom. The summed E-state index contributed by atoms with van der Waals surface area (Å²) in [6.45, 7) is 2.84. The molecule has 5 nitrogen and oxygen atoms in total. The van der Waals surface area contributed by atoms with Gasteiger partial charge >= 0.3 is 12.1 Å². The molecule has 0 bridgehead atoms. The normalized spacial score (nSPS) is 12.7. The molecule has 0 aromatic heterocycles. The van der Waals surface area contributed by atoms with Crippen molar-refractivity contribution in [3.63, 3.8) is 0 Å². The van der Waals surface area contributed by atoms with Crippen LogP contribution in [-0.4, -0.2) is 30.1 Å². The standard InChI is InChI=1S/C27H25ClFNO4/c1-2-33-26(31)15-20-9-8-19(14-24(20)28)21-10-11-25(29)22-12-13-30(16-23(21)22)27(32)34-17-18-6-4-3-5-7-18/h3-11,14H,2,12-13,15-17H2,1H3. The summed E-state index contributed by atoms with van der Waals surface area (Å²) >= 11 is 6.45. The summed E-state index contributed by atoms with van der Waals surface area (Å²) in [5.74, 6) is -0.637. The molecule has 34 heavy (non-hydrogen) atoms. The highest BCUT2D eigenvalue weighted by Gasteiger charge is 2.26. The molecule has 0 N–H and O–H groups in total. The van der Waals surface area contributed by atoms with Gasteiger partial charge in [-0.15, -0.1) is 0 Å². The lowest BCUT2D eigenvalue weighted by atomic mass is 9.90. The minimum atomic E-state index is -0.437. The molecule has 1 aliphatic heterocycles. The predicted octanol–water partition coefficient (Wildman–Crippen LogP) is 5.95. The first-order chi connectivity index (χ1) is 16.5. The number of ether oxygens (including phenoxy) is 2. The van der Waals surface area contributed by atoms with Gasteiger partial charge in [-0.05, 0) is 58.9 Å². The van der Waals surface area contributed by atoms with Gasteiger partial charge in [-0.3, -0.25) is 4.79 Å². The second-order valence-corrected chi connectivity index (χ2v) is 8.46. The molecule has 0 spiro atoms. The highest BCUT2D eigenvalue weighted by molar-refractivity contribution is 6.31. The maximum Gasteiger partial charge on any atom is 0.410 e. The fourth-order valence-corrected chi connectivity index (χ4v) is 4.34. The van der Waals surface area contributed by atoms with E-state index >= 15 is 0 Å². The fourth-order valence-electron chi connectivity index (χ4n) is 4.09. The molecule has 176 valence electrons. The van der Waals surface area contributed by atoms with Crippen LogP contribution >= 0.6 is 11.6 Å². The number of halogens is 2. The van der Waals surface area contributed by atoms with Crippen LogP contribution in [-0.2, 0) is 40.3 Å². The largest absolute Gasteiger partial charge is 0.466 e. The maximum absolute atomic E-state index is 14.6. The molecule has 0 saturated carbocycles. The molecule has 0 atom stereocenters. The van der Waals surface area contributed by atoms with Gasteiger partial charge < -0.3 is 14.4 Å². The molecule has 3 aromatic carbocycles. The number of rotatable bonds is 6. The first kappa shape index (κ1) is 23.8. The Morgan fingerprint density at radius 3 is 2.56 bits per heavy atom. The van der Waals surface area contributed by atoms with Crippen molar-refractivity contribution < 1.29 is 23.5 Å². The molecule has 3 aromatic rings. The van der Waals surface area contributed by atoms with E-state index in [9.17, 15) is 14.0 Å². The van der Waals surface area contributed by atoms with Crippen LogP contribution in [0.2, 0.25) is 5.02 Å². The Morgan fingerprint density at radius 1 is 1.03 bits per heavy atom. The van der Waals surface area contributed by atoms with Crippen LogP contribution in [0.25, 0.3) is 11.1 Å². The van der Waals surface area contributed by atoms with Gasteiger partial charge in [0.2, 0.25) is 0 Å². The Balaban J connectivity index is 1.55. The van der Waals surface area contributed by atoms with Crippen LogP contribution < -0.4 is 0 Å². The van der Waals surface area contributed by atoms with Crippen LogP contribution in [0.15, 0.2) is 60.7 Å². The zero-order valence-electron chi connectivity index (χ0n) is 18.9. The van der Waals surface area contributed by atoms with Crippen molar-refractivity contribution in [2.24, 2.45) is 0 Å². The summed E-state index contributed by atoms with van der Waals surface area (Å²) in [5.41, 5.74) is 4.46. The van der Waals surface area contributed by atoms with Crippen molar-refractivity contribution in [3.05, 3.63) is 93.8 Å². The molecular formula is C27H25ClFNO4. The summed E-state index contributed by atoms with van der Waals surface area (Å²) < 4.78 is 25.1. The lowest BCUT2D eigenvalue weighted by molar-refractivity contribution is -0.142. The molecule has 0 saturated heterocycles. The predicted molar refractivity (Wildman–Crippen MR) is 128 cm³/mol. The van der Waals surface area contributed by atoms with Gasteiger partial charge in [-0.1, -0.05) is 60.1 Å². The number of hydrogen-bond acceptors (Lipinski definition) is 4. The molecule has 7 heteroatoms. The highest BCUT2D eigenvalue weighted by atomic mass is 35.5. The minimum absolute atomic E-state index is 0.0789. The number of hydrogen-bond donors (Lipinski definition) is 0. The molecule has 0 aliphatic carbocycles. The lowest BCUT2D eigenvalue weighted by Crippen LogP contribution is -2.37. The van der Waals surface area contributed by atoms with E-state index in [1.54, 1.807) is 30.0 Å². The molecule has 1 heterocycles. The summed E-state index contributed by atoms with van der Waals surface area (Å²) in [4.78, 5) is 26.1. The number of carbonyl (C=O) groups is 2. The van der Waals surface area contributed by atoms with E-state index < -0.39 is 6.09 Å². The number of amides is 1. The quantitative estimate of drug-likeness (QED) is 0.408. The van der Waals surface area contributed by atoms with Gasteiger partial charge in [0.1, 0.15) is 12.4 Å². The molecule has 1 aliphatic rings. The van der Waals surface area contributed by atoms with Gasteiger partial charge in [0.25, 0.3) is 0 Å². The monoisotopic (exact) mass is 481 g/mol. The third-order valence-corrected chi connectivity index (χ3v) is 6.17. The second kappa shape index (κ2) is 10.7. The average Bonchev–Trinajstić information content (AvgIpc) is 2.85. The van der Waals surface area contributed by atoms with Gasteiger partial charge in [-0.25, -0.2) is 9.18 Å². The van der Waals surface area contributed by atoms with Crippen molar-refractivity contribution in [1.29, 1.82) is 0 Å². The second-order valence-electron chi connectivity index (χ2n) is 8.05. The first-order valence-corrected chi connectivity index (χ1v) is 11.5. The average molecular weight is 482 g/mol. The Bertz CT molecular complexity index is 1200. The molecule has 0 radical (unpaired) electrons.